The van der Waals surface area contributed by atoms with Gasteiger partial charge in [-0.15, -0.1) is 0 Å². The minimum absolute atomic E-state index is 1.01. The molecular formula is C12H16N2. The summed E-state index contributed by atoms with van der Waals surface area (Å²) >= 11 is 0. The molecule has 0 amide bonds. The molecule has 0 spiro atoms. The topological polar surface area (TPSA) is 17.8 Å². The molecule has 0 aromatic carbocycles. The van der Waals surface area contributed by atoms with Crippen molar-refractivity contribution in [1.82, 2.24) is 9.55 Å². The van der Waals surface area contributed by atoms with Gasteiger partial charge in [0.05, 0.1) is 12.0 Å². The first-order valence-corrected chi connectivity index (χ1v) is 4.62. The highest BCUT2D eigenvalue weighted by atomic mass is 15.0. The zero-order valence-electron chi connectivity index (χ0n) is 8.99. The Kier molecular flexibility index (Phi) is 3.46. The number of aromatic nitrogens is 2. The van der Waals surface area contributed by atoms with Gasteiger partial charge in [0.15, 0.2) is 0 Å². The van der Waals surface area contributed by atoms with Crippen LogP contribution in [0.5, 0.6) is 0 Å². The Bertz CT molecular complexity index is 377. The van der Waals surface area contributed by atoms with Crippen molar-refractivity contribution in [2.45, 2.75) is 20.8 Å². The number of hydrogen-bond donors (Lipinski definition) is 0. The van der Waals surface area contributed by atoms with Crippen molar-refractivity contribution in [3.63, 3.8) is 0 Å². The van der Waals surface area contributed by atoms with Gasteiger partial charge in [-0.1, -0.05) is 18.2 Å². The van der Waals surface area contributed by atoms with Crippen LogP contribution in [0.3, 0.4) is 0 Å². The lowest BCUT2D eigenvalue weighted by atomic mass is 10.3. The molecule has 0 N–H and O–H groups in total. The van der Waals surface area contributed by atoms with Gasteiger partial charge in [-0.05, 0) is 32.9 Å². The first kappa shape index (κ1) is 10.5. The predicted octanol–water partition coefficient (Wildman–Crippen LogP) is 3.18. The summed E-state index contributed by atoms with van der Waals surface area (Å²) in [5.74, 6) is 0. The SMILES string of the molecule is C=C/C(=C\C=C(C)C)n1cnc(C)c1. The van der Waals surface area contributed by atoms with E-state index in [0.29, 0.717) is 0 Å². The van der Waals surface area contributed by atoms with Gasteiger partial charge in [-0.25, -0.2) is 4.98 Å². The lowest BCUT2D eigenvalue weighted by molar-refractivity contribution is 1.10. The largest absolute Gasteiger partial charge is 0.306 e. The summed E-state index contributed by atoms with van der Waals surface area (Å²) in [6.07, 6.45) is 9.68. The van der Waals surface area contributed by atoms with Crippen molar-refractivity contribution in [3.8, 4) is 0 Å². The van der Waals surface area contributed by atoms with Crippen LogP contribution in [0.2, 0.25) is 0 Å². The van der Waals surface area contributed by atoms with E-state index in [1.807, 2.05) is 29.8 Å². The summed E-state index contributed by atoms with van der Waals surface area (Å²) in [4.78, 5) is 4.17. The standard InChI is InChI=1S/C12H16N2/c1-5-12(7-6-10(2)3)14-8-11(4)13-9-14/h5-9H,1H2,2-4H3/b12-7+. The molecular weight excluding hydrogens is 172 g/mol. The molecule has 0 bridgehead atoms. The molecule has 74 valence electrons. The predicted molar refractivity (Wildman–Crippen MR) is 60.9 cm³/mol. The molecule has 2 nitrogen and oxygen atoms in total. The molecule has 0 aliphatic heterocycles. The fourth-order valence-corrected chi connectivity index (χ4v) is 1.07. The van der Waals surface area contributed by atoms with Crippen LogP contribution in [0.15, 0.2) is 42.9 Å². The molecule has 0 radical (unpaired) electrons. The normalized spacial score (nSPS) is 11.2. The lowest BCUT2D eigenvalue weighted by Crippen LogP contribution is -1.89. The second-order valence-electron chi connectivity index (χ2n) is 3.46. The first-order chi connectivity index (χ1) is 6.63. The minimum Gasteiger partial charge on any atom is -0.306 e. The molecule has 0 unspecified atom stereocenters. The lowest BCUT2D eigenvalue weighted by Gasteiger charge is -2.00. The van der Waals surface area contributed by atoms with Crippen LogP contribution >= 0.6 is 0 Å². The maximum absolute atomic E-state index is 4.17. The Labute approximate surface area is 85.3 Å². The quantitative estimate of drug-likeness (QED) is 0.666. The third kappa shape index (κ3) is 2.73. The molecule has 14 heavy (non-hydrogen) atoms. The number of nitrogens with zero attached hydrogens (tertiary/aromatic N) is 2. The highest BCUT2D eigenvalue weighted by Crippen LogP contribution is 2.07. The highest BCUT2D eigenvalue weighted by molar-refractivity contribution is 5.58. The molecule has 1 heterocycles. The summed E-state index contributed by atoms with van der Waals surface area (Å²) in [5, 5.41) is 0. The second kappa shape index (κ2) is 4.61. The zero-order valence-corrected chi connectivity index (χ0v) is 8.99. The van der Waals surface area contributed by atoms with E-state index in [4.69, 9.17) is 0 Å². The number of allylic oxidation sites excluding steroid dienone is 5. The summed E-state index contributed by atoms with van der Waals surface area (Å²) < 4.78 is 1.96. The average Bonchev–Trinajstić information content (AvgIpc) is 2.53. The van der Waals surface area contributed by atoms with Crippen LogP contribution in [0.1, 0.15) is 19.5 Å². The van der Waals surface area contributed by atoms with Gasteiger partial charge in [0, 0.05) is 11.9 Å². The number of rotatable bonds is 3. The van der Waals surface area contributed by atoms with Crippen molar-refractivity contribution < 1.29 is 0 Å². The fourth-order valence-electron chi connectivity index (χ4n) is 1.07. The van der Waals surface area contributed by atoms with Gasteiger partial charge in [-0.2, -0.15) is 0 Å². The number of hydrogen-bond acceptors (Lipinski definition) is 1. The molecule has 0 saturated heterocycles. The first-order valence-electron chi connectivity index (χ1n) is 4.62. The van der Waals surface area contributed by atoms with Crippen molar-refractivity contribution in [1.29, 1.82) is 0 Å². The summed E-state index contributed by atoms with van der Waals surface area (Å²) in [6.45, 7) is 9.88. The Hall–Kier alpha value is -1.57. The van der Waals surface area contributed by atoms with E-state index in [1.165, 1.54) is 5.57 Å². The molecule has 1 aromatic rings. The monoisotopic (exact) mass is 188 g/mol. The van der Waals surface area contributed by atoms with Crippen molar-refractivity contribution >= 4 is 5.70 Å². The summed E-state index contributed by atoms with van der Waals surface area (Å²) in [5.41, 5.74) is 3.31. The van der Waals surface area contributed by atoms with Crippen molar-refractivity contribution in [2.75, 3.05) is 0 Å². The van der Waals surface area contributed by atoms with E-state index in [-0.39, 0.29) is 0 Å². The minimum atomic E-state index is 1.01. The maximum atomic E-state index is 4.17. The van der Waals surface area contributed by atoms with Crippen LogP contribution in [-0.2, 0) is 0 Å². The molecule has 1 aromatic heterocycles. The van der Waals surface area contributed by atoms with E-state index in [9.17, 15) is 0 Å². The van der Waals surface area contributed by atoms with E-state index in [1.54, 1.807) is 6.33 Å². The Morgan fingerprint density at radius 1 is 1.43 bits per heavy atom. The van der Waals surface area contributed by atoms with Crippen LogP contribution in [0, 0.1) is 6.92 Å². The zero-order chi connectivity index (χ0) is 10.6. The highest BCUT2D eigenvalue weighted by Gasteiger charge is 1.95. The molecule has 2 heteroatoms. The van der Waals surface area contributed by atoms with Gasteiger partial charge < -0.3 is 4.57 Å². The van der Waals surface area contributed by atoms with Crippen LogP contribution in [0.4, 0.5) is 0 Å². The Morgan fingerprint density at radius 3 is 2.57 bits per heavy atom. The van der Waals surface area contributed by atoms with Gasteiger partial charge in [-0.3, -0.25) is 0 Å². The summed E-state index contributed by atoms with van der Waals surface area (Å²) in [7, 11) is 0. The molecule has 0 aliphatic rings. The fraction of sp³-hybridized carbons (Fsp3) is 0.250. The summed E-state index contributed by atoms with van der Waals surface area (Å²) in [6, 6.07) is 0. The number of aryl methyl sites for hydroxylation is 1. The molecule has 0 atom stereocenters. The van der Waals surface area contributed by atoms with Crippen molar-refractivity contribution in [2.24, 2.45) is 0 Å². The Balaban J connectivity index is 2.98. The van der Waals surface area contributed by atoms with Crippen LogP contribution in [0.25, 0.3) is 5.70 Å². The van der Waals surface area contributed by atoms with Crippen molar-refractivity contribution in [3.05, 3.63) is 48.6 Å². The van der Waals surface area contributed by atoms with E-state index < -0.39 is 0 Å². The molecule has 0 saturated carbocycles. The molecule has 0 fully saturated rings. The maximum Gasteiger partial charge on any atom is 0.0995 e. The van der Waals surface area contributed by atoms with E-state index in [0.717, 1.165) is 11.4 Å². The molecule has 1 rings (SSSR count). The van der Waals surface area contributed by atoms with Crippen LogP contribution in [-0.4, -0.2) is 9.55 Å². The van der Waals surface area contributed by atoms with E-state index >= 15 is 0 Å². The second-order valence-corrected chi connectivity index (χ2v) is 3.46. The van der Waals surface area contributed by atoms with E-state index in [2.05, 4.69) is 31.5 Å². The number of imidazole rings is 1. The van der Waals surface area contributed by atoms with Gasteiger partial charge in [0.2, 0.25) is 0 Å². The average molecular weight is 188 g/mol. The van der Waals surface area contributed by atoms with Gasteiger partial charge in [0.25, 0.3) is 0 Å². The molecule has 0 aliphatic carbocycles. The smallest absolute Gasteiger partial charge is 0.0995 e. The third-order valence-electron chi connectivity index (χ3n) is 1.81. The van der Waals surface area contributed by atoms with Crippen LogP contribution < -0.4 is 0 Å². The van der Waals surface area contributed by atoms with Gasteiger partial charge in [0.1, 0.15) is 0 Å². The van der Waals surface area contributed by atoms with Gasteiger partial charge >= 0.3 is 0 Å². The third-order valence-corrected chi connectivity index (χ3v) is 1.81. The Morgan fingerprint density at radius 2 is 2.14 bits per heavy atom.